The lowest BCUT2D eigenvalue weighted by Gasteiger charge is -2.02. The standard InChI is InChI=1S/C14H13N5O/c1-20-11-5-2-4-10(8-11)12-9-13(15)19(18-12)14-6-3-7-16-17-14/h2-9H,15H2,1H3. The van der Waals surface area contributed by atoms with E-state index in [-0.39, 0.29) is 0 Å². The highest BCUT2D eigenvalue weighted by Crippen LogP contribution is 2.25. The molecule has 0 atom stereocenters. The Morgan fingerprint density at radius 2 is 2.05 bits per heavy atom. The van der Waals surface area contributed by atoms with Gasteiger partial charge in [0, 0.05) is 17.8 Å². The highest BCUT2D eigenvalue weighted by Gasteiger charge is 2.10. The number of aromatic nitrogens is 4. The summed E-state index contributed by atoms with van der Waals surface area (Å²) in [6.07, 6.45) is 1.60. The first-order chi connectivity index (χ1) is 9.78. The third kappa shape index (κ3) is 2.18. The molecule has 0 aliphatic heterocycles. The minimum absolute atomic E-state index is 0.503. The van der Waals surface area contributed by atoms with E-state index >= 15 is 0 Å². The zero-order valence-electron chi connectivity index (χ0n) is 10.9. The first-order valence-corrected chi connectivity index (χ1v) is 6.06. The number of nitrogen functional groups attached to an aromatic ring is 1. The molecule has 3 aromatic rings. The third-order valence-corrected chi connectivity index (χ3v) is 2.88. The Balaban J connectivity index is 2.04. The maximum Gasteiger partial charge on any atom is 0.177 e. The van der Waals surface area contributed by atoms with Crippen LogP contribution in [0.4, 0.5) is 5.82 Å². The van der Waals surface area contributed by atoms with E-state index in [4.69, 9.17) is 10.5 Å². The molecule has 6 nitrogen and oxygen atoms in total. The molecule has 1 aromatic carbocycles. The monoisotopic (exact) mass is 267 g/mol. The Hall–Kier alpha value is -2.89. The van der Waals surface area contributed by atoms with Crippen molar-refractivity contribution in [2.75, 3.05) is 12.8 Å². The second-order valence-corrected chi connectivity index (χ2v) is 4.18. The van der Waals surface area contributed by atoms with Crippen molar-refractivity contribution in [1.29, 1.82) is 0 Å². The molecule has 0 unspecified atom stereocenters. The molecule has 6 heteroatoms. The summed E-state index contributed by atoms with van der Waals surface area (Å²) in [5.41, 5.74) is 7.67. The van der Waals surface area contributed by atoms with Crippen molar-refractivity contribution in [3.8, 4) is 22.8 Å². The summed E-state index contributed by atoms with van der Waals surface area (Å²) in [7, 11) is 1.63. The number of benzene rings is 1. The van der Waals surface area contributed by atoms with Gasteiger partial charge in [0.2, 0.25) is 0 Å². The molecule has 100 valence electrons. The first kappa shape index (κ1) is 12.2. The molecule has 0 bridgehead atoms. The molecule has 0 spiro atoms. The van der Waals surface area contributed by atoms with Crippen LogP contribution in [-0.4, -0.2) is 27.1 Å². The van der Waals surface area contributed by atoms with Crippen molar-refractivity contribution in [3.63, 3.8) is 0 Å². The second kappa shape index (κ2) is 5.00. The van der Waals surface area contributed by atoms with Crippen LogP contribution >= 0.6 is 0 Å². The van der Waals surface area contributed by atoms with Gasteiger partial charge in [-0.05, 0) is 24.3 Å². The third-order valence-electron chi connectivity index (χ3n) is 2.88. The van der Waals surface area contributed by atoms with Crippen LogP contribution in [-0.2, 0) is 0 Å². The average molecular weight is 267 g/mol. The normalized spacial score (nSPS) is 10.4. The summed E-state index contributed by atoms with van der Waals surface area (Å²) < 4.78 is 6.77. The predicted molar refractivity (Wildman–Crippen MR) is 75.6 cm³/mol. The maximum absolute atomic E-state index is 5.98. The van der Waals surface area contributed by atoms with Crippen LogP contribution in [0.2, 0.25) is 0 Å². The predicted octanol–water partition coefficient (Wildman–Crippen LogP) is 1.92. The molecule has 0 saturated carbocycles. The maximum atomic E-state index is 5.98. The smallest absolute Gasteiger partial charge is 0.177 e. The van der Waals surface area contributed by atoms with E-state index < -0.39 is 0 Å². The summed E-state index contributed by atoms with van der Waals surface area (Å²) in [4.78, 5) is 0. The molecule has 0 fully saturated rings. The lowest BCUT2D eigenvalue weighted by Crippen LogP contribution is -2.04. The average Bonchev–Trinajstić information content (AvgIpc) is 2.90. The second-order valence-electron chi connectivity index (χ2n) is 4.18. The van der Waals surface area contributed by atoms with Gasteiger partial charge in [0.25, 0.3) is 0 Å². The Labute approximate surface area is 115 Å². The molecule has 0 aliphatic carbocycles. The van der Waals surface area contributed by atoms with E-state index in [0.29, 0.717) is 11.6 Å². The molecule has 2 aromatic heterocycles. The number of anilines is 1. The minimum atomic E-state index is 0.503. The lowest BCUT2D eigenvalue weighted by atomic mass is 10.1. The zero-order chi connectivity index (χ0) is 13.9. The van der Waals surface area contributed by atoms with Gasteiger partial charge in [0.15, 0.2) is 5.82 Å². The van der Waals surface area contributed by atoms with Crippen LogP contribution in [0.25, 0.3) is 17.1 Å². The van der Waals surface area contributed by atoms with Crippen molar-refractivity contribution in [2.45, 2.75) is 0 Å². The number of nitrogens with two attached hydrogens (primary N) is 1. The topological polar surface area (TPSA) is 78.9 Å². The number of rotatable bonds is 3. The number of hydrogen-bond acceptors (Lipinski definition) is 5. The van der Waals surface area contributed by atoms with Crippen LogP contribution in [0.15, 0.2) is 48.7 Å². The summed E-state index contributed by atoms with van der Waals surface area (Å²) in [5, 5.41) is 12.3. The quantitative estimate of drug-likeness (QED) is 0.784. The van der Waals surface area contributed by atoms with Gasteiger partial charge in [-0.15, -0.1) is 5.10 Å². The number of ether oxygens (including phenoxy) is 1. The highest BCUT2D eigenvalue weighted by atomic mass is 16.5. The molecule has 20 heavy (non-hydrogen) atoms. The van der Waals surface area contributed by atoms with E-state index in [2.05, 4.69) is 15.3 Å². The summed E-state index contributed by atoms with van der Waals surface area (Å²) in [6, 6.07) is 13.0. The molecule has 0 radical (unpaired) electrons. The fourth-order valence-corrected chi connectivity index (χ4v) is 1.91. The molecule has 0 amide bonds. The molecular formula is C14H13N5O. The van der Waals surface area contributed by atoms with Crippen LogP contribution in [0.3, 0.4) is 0 Å². The molecule has 3 rings (SSSR count). The fourth-order valence-electron chi connectivity index (χ4n) is 1.91. The Morgan fingerprint density at radius 1 is 1.15 bits per heavy atom. The largest absolute Gasteiger partial charge is 0.497 e. The van der Waals surface area contributed by atoms with Gasteiger partial charge in [0.1, 0.15) is 11.6 Å². The van der Waals surface area contributed by atoms with Gasteiger partial charge < -0.3 is 10.5 Å². The molecule has 2 N–H and O–H groups in total. The molecule has 0 saturated heterocycles. The summed E-state index contributed by atoms with van der Waals surface area (Å²) >= 11 is 0. The van der Waals surface area contributed by atoms with Crippen LogP contribution < -0.4 is 10.5 Å². The minimum Gasteiger partial charge on any atom is -0.497 e. The van der Waals surface area contributed by atoms with Crippen molar-refractivity contribution >= 4 is 5.82 Å². The van der Waals surface area contributed by atoms with Crippen LogP contribution in [0.5, 0.6) is 5.75 Å². The summed E-state index contributed by atoms with van der Waals surface area (Å²) in [6.45, 7) is 0. The van der Waals surface area contributed by atoms with E-state index in [1.165, 1.54) is 0 Å². The van der Waals surface area contributed by atoms with Gasteiger partial charge in [-0.2, -0.15) is 14.9 Å². The van der Waals surface area contributed by atoms with Crippen molar-refractivity contribution in [2.24, 2.45) is 0 Å². The Kier molecular flexibility index (Phi) is 3.04. The van der Waals surface area contributed by atoms with Crippen LogP contribution in [0, 0.1) is 0 Å². The SMILES string of the molecule is COc1cccc(-c2cc(N)n(-c3cccnn3)n2)c1. The zero-order valence-corrected chi connectivity index (χ0v) is 10.9. The van der Waals surface area contributed by atoms with E-state index in [1.807, 2.05) is 24.3 Å². The molecule has 2 heterocycles. The Morgan fingerprint density at radius 3 is 2.80 bits per heavy atom. The van der Waals surface area contributed by atoms with Crippen LogP contribution in [0.1, 0.15) is 0 Å². The van der Waals surface area contributed by atoms with E-state index in [0.717, 1.165) is 17.0 Å². The van der Waals surface area contributed by atoms with E-state index in [1.54, 1.807) is 36.2 Å². The van der Waals surface area contributed by atoms with Crippen molar-refractivity contribution < 1.29 is 4.74 Å². The van der Waals surface area contributed by atoms with Gasteiger partial charge in [0.05, 0.1) is 12.8 Å². The lowest BCUT2D eigenvalue weighted by molar-refractivity contribution is 0.415. The first-order valence-electron chi connectivity index (χ1n) is 6.06. The number of methoxy groups -OCH3 is 1. The van der Waals surface area contributed by atoms with E-state index in [9.17, 15) is 0 Å². The molecule has 0 aliphatic rings. The molecular weight excluding hydrogens is 254 g/mol. The van der Waals surface area contributed by atoms with Gasteiger partial charge in [-0.25, -0.2) is 0 Å². The number of hydrogen-bond donors (Lipinski definition) is 1. The van der Waals surface area contributed by atoms with Gasteiger partial charge in [-0.1, -0.05) is 12.1 Å². The fraction of sp³-hybridized carbons (Fsp3) is 0.0714. The van der Waals surface area contributed by atoms with Gasteiger partial charge in [-0.3, -0.25) is 0 Å². The van der Waals surface area contributed by atoms with Gasteiger partial charge >= 0.3 is 0 Å². The summed E-state index contributed by atoms with van der Waals surface area (Å²) in [5.74, 6) is 1.86. The van der Waals surface area contributed by atoms with Crippen molar-refractivity contribution in [1.82, 2.24) is 20.0 Å². The van der Waals surface area contributed by atoms with Crippen molar-refractivity contribution in [3.05, 3.63) is 48.7 Å². The highest BCUT2D eigenvalue weighted by molar-refractivity contribution is 5.64. The Bertz CT molecular complexity index is 723. The number of nitrogens with zero attached hydrogens (tertiary/aromatic N) is 4.